The molecule has 0 radical (unpaired) electrons. The van der Waals surface area contributed by atoms with E-state index in [0.29, 0.717) is 36.0 Å². The van der Waals surface area contributed by atoms with Gasteiger partial charge in [0, 0.05) is 47.3 Å². The van der Waals surface area contributed by atoms with Crippen molar-refractivity contribution in [3.63, 3.8) is 0 Å². The summed E-state index contributed by atoms with van der Waals surface area (Å²) in [5.74, 6) is -0.855. The summed E-state index contributed by atoms with van der Waals surface area (Å²) in [6, 6.07) is 10.4. The fourth-order valence-electron chi connectivity index (χ4n) is 6.26. The first-order valence-corrected chi connectivity index (χ1v) is 13.9. The molecule has 8 heteroatoms. The number of nitrogens with two attached hydrogens (primary N) is 1. The molecule has 2 heterocycles. The van der Waals surface area contributed by atoms with E-state index in [1.54, 1.807) is 16.7 Å². The van der Waals surface area contributed by atoms with Gasteiger partial charge in [-0.05, 0) is 79.8 Å². The molecule has 1 fully saturated rings. The molecule has 3 aromatic rings. The number of hydrogen-bond donors (Lipinski definition) is 3. The van der Waals surface area contributed by atoms with Crippen LogP contribution in [0.4, 0.5) is 10.1 Å². The molecule has 1 aromatic heterocycles. The number of halogens is 1. The lowest BCUT2D eigenvalue weighted by atomic mass is 9.80. The third kappa shape index (κ3) is 5.42. The summed E-state index contributed by atoms with van der Waals surface area (Å²) >= 11 is 0. The highest BCUT2D eigenvalue weighted by atomic mass is 19.1. The summed E-state index contributed by atoms with van der Waals surface area (Å²) in [6.07, 6.45) is 5.85. The largest absolute Gasteiger partial charge is 0.382 e. The fraction of sp³-hybridized carbons (Fsp3) is 0.452. The van der Waals surface area contributed by atoms with E-state index in [1.165, 1.54) is 12.1 Å². The van der Waals surface area contributed by atoms with E-state index >= 15 is 0 Å². The Labute approximate surface area is 228 Å². The molecule has 1 aliphatic carbocycles. The van der Waals surface area contributed by atoms with Gasteiger partial charge in [-0.15, -0.1) is 0 Å². The maximum absolute atomic E-state index is 14.3. The molecule has 7 nitrogen and oxygen atoms in total. The van der Waals surface area contributed by atoms with E-state index in [9.17, 15) is 18.8 Å². The fourth-order valence-corrected chi connectivity index (χ4v) is 6.26. The van der Waals surface area contributed by atoms with Crippen molar-refractivity contribution in [1.29, 1.82) is 0 Å². The molecule has 0 bridgehead atoms. The van der Waals surface area contributed by atoms with Crippen molar-refractivity contribution in [3.8, 4) is 11.1 Å². The number of benzene rings is 2. The molecule has 2 aromatic carbocycles. The number of carbonyl (C=O) groups is 3. The average Bonchev–Trinajstić information content (AvgIpc) is 3.17. The molecule has 0 saturated heterocycles. The molecule has 206 valence electrons. The van der Waals surface area contributed by atoms with Crippen molar-refractivity contribution in [2.45, 2.75) is 84.2 Å². The van der Waals surface area contributed by atoms with Crippen molar-refractivity contribution in [2.75, 3.05) is 5.32 Å². The van der Waals surface area contributed by atoms with Crippen molar-refractivity contribution >= 4 is 34.3 Å². The smallest absolute Gasteiger partial charge is 0.250 e. The Balaban J connectivity index is 1.49. The van der Waals surface area contributed by atoms with Gasteiger partial charge in [0.05, 0.1) is 11.1 Å². The molecule has 5 rings (SSSR count). The molecular formula is C31H37FN4O3. The lowest BCUT2D eigenvalue weighted by Gasteiger charge is -2.31. The van der Waals surface area contributed by atoms with Crippen LogP contribution in [0.15, 0.2) is 36.4 Å². The van der Waals surface area contributed by atoms with Gasteiger partial charge in [0.2, 0.25) is 11.8 Å². The van der Waals surface area contributed by atoms with Gasteiger partial charge in [-0.2, -0.15) is 0 Å². The van der Waals surface area contributed by atoms with Gasteiger partial charge < -0.3 is 16.4 Å². The first kappa shape index (κ1) is 26.9. The highest BCUT2D eigenvalue weighted by Gasteiger charge is 2.35. The molecular weight excluding hydrogens is 495 g/mol. The molecule has 2 amide bonds. The number of fused-ring (bicyclic) bond motifs is 3. The van der Waals surface area contributed by atoms with E-state index in [4.69, 9.17) is 5.73 Å². The Morgan fingerprint density at radius 3 is 2.46 bits per heavy atom. The molecule has 4 N–H and O–H groups in total. The van der Waals surface area contributed by atoms with Crippen LogP contribution in [0.5, 0.6) is 0 Å². The van der Waals surface area contributed by atoms with Crippen LogP contribution < -0.4 is 16.4 Å². The zero-order valence-electron chi connectivity index (χ0n) is 22.9. The summed E-state index contributed by atoms with van der Waals surface area (Å²) in [5, 5.41) is 7.48. The van der Waals surface area contributed by atoms with Crippen LogP contribution >= 0.6 is 0 Å². The monoisotopic (exact) mass is 532 g/mol. The predicted octanol–water partition coefficient (Wildman–Crippen LogP) is 5.80. The van der Waals surface area contributed by atoms with Crippen LogP contribution in [-0.2, 0) is 11.2 Å². The highest BCUT2D eigenvalue weighted by Crippen LogP contribution is 2.43. The minimum absolute atomic E-state index is 0.0435. The zero-order valence-corrected chi connectivity index (χ0v) is 22.9. The highest BCUT2D eigenvalue weighted by molar-refractivity contribution is 6.06. The van der Waals surface area contributed by atoms with E-state index in [1.807, 2.05) is 19.1 Å². The maximum Gasteiger partial charge on any atom is 0.250 e. The average molecular weight is 533 g/mol. The van der Waals surface area contributed by atoms with Crippen LogP contribution in [0.1, 0.15) is 86.6 Å². The zero-order chi connectivity index (χ0) is 27.9. The van der Waals surface area contributed by atoms with Crippen LogP contribution in [0.25, 0.3) is 22.0 Å². The molecule has 0 atom stereocenters. The molecule has 0 unspecified atom stereocenters. The first-order valence-electron chi connectivity index (χ1n) is 13.9. The summed E-state index contributed by atoms with van der Waals surface area (Å²) in [6.45, 7) is 6.13. The maximum atomic E-state index is 14.3. The predicted molar refractivity (Wildman–Crippen MR) is 151 cm³/mol. The minimum Gasteiger partial charge on any atom is -0.382 e. The van der Waals surface area contributed by atoms with Crippen LogP contribution in [-0.4, -0.2) is 34.4 Å². The van der Waals surface area contributed by atoms with Gasteiger partial charge in [-0.25, -0.2) is 4.39 Å². The number of nitrogens with one attached hydrogen (secondary N) is 2. The number of rotatable bonds is 7. The third-order valence-electron chi connectivity index (χ3n) is 8.06. The van der Waals surface area contributed by atoms with Crippen molar-refractivity contribution in [2.24, 2.45) is 11.1 Å². The van der Waals surface area contributed by atoms with E-state index < -0.39 is 5.91 Å². The second-order valence-electron chi connectivity index (χ2n) is 11.9. The standard InChI is InChI=1S/C31H37FN4O3/c1-4-5-27(37)35-21-10-8-20(9-11-21)34-24-14-18(6-12-22(24)30(33)39)29-23-13-7-19(32)15-25(23)36-26(29)16-31(2,3)17-28(36)38/h6-7,12-15,20-21,34H,4-5,8-11,16-17H2,1-3H3,(H2,33,39)(H,35,37)/t20-,21-. The Bertz CT molecular complexity index is 1450. The molecule has 2 aliphatic rings. The van der Waals surface area contributed by atoms with Gasteiger partial charge in [-0.3, -0.25) is 19.0 Å². The SMILES string of the molecule is CCCC(=O)N[C@H]1CC[C@H](Nc2cc(-c3c4n(c5cc(F)ccc35)C(=O)CC(C)(C)C4)ccc2C(N)=O)CC1. The molecule has 0 spiro atoms. The number of nitrogens with zero attached hydrogens (tertiary/aromatic N) is 1. The molecule has 1 aliphatic heterocycles. The third-order valence-corrected chi connectivity index (χ3v) is 8.06. The lowest BCUT2D eigenvalue weighted by molar-refractivity contribution is -0.122. The Hall–Kier alpha value is -3.68. The van der Waals surface area contributed by atoms with Crippen LogP contribution in [0.3, 0.4) is 0 Å². The van der Waals surface area contributed by atoms with Crippen molar-refractivity contribution in [3.05, 3.63) is 53.5 Å². The molecule has 39 heavy (non-hydrogen) atoms. The Morgan fingerprint density at radius 2 is 1.77 bits per heavy atom. The van der Waals surface area contributed by atoms with E-state index in [0.717, 1.165) is 54.3 Å². The van der Waals surface area contributed by atoms with Gasteiger partial charge in [0.25, 0.3) is 5.91 Å². The number of aromatic nitrogens is 1. The number of hydrogen-bond acceptors (Lipinski definition) is 4. The van der Waals surface area contributed by atoms with Gasteiger partial charge in [0.1, 0.15) is 5.82 Å². The minimum atomic E-state index is -0.522. The quantitative estimate of drug-likeness (QED) is 0.358. The van der Waals surface area contributed by atoms with E-state index in [-0.39, 0.29) is 35.1 Å². The van der Waals surface area contributed by atoms with Crippen molar-refractivity contribution < 1.29 is 18.8 Å². The van der Waals surface area contributed by atoms with Gasteiger partial charge in [-0.1, -0.05) is 26.8 Å². The second-order valence-corrected chi connectivity index (χ2v) is 11.9. The van der Waals surface area contributed by atoms with Gasteiger partial charge in [0.15, 0.2) is 0 Å². The first-order chi connectivity index (χ1) is 18.6. The number of anilines is 1. The van der Waals surface area contributed by atoms with E-state index in [2.05, 4.69) is 24.5 Å². The van der Waals surface area contributed by atoms with Gasteiger partial charge >= 0.3 is 0 Å². The van der Waals surface area contributed by atoms with Crippen molar-refractivity contribution in [1.82, 2.24) is 9.88 Å². The number of primary amides is 1. The van der Waals surface area contributed by atoms with Crippen LogP contribution in [0.2, 0.25) is 0 Å². The summed E-state index contributed by atoms with van der Waals surface area (Å²) in [4.78, 5) is 37.6. The Kier molecular flexibility index (Phi) is 7.23. The van der Waals surface area contributed by atoms with Crippen LogP contribution in [0, 0.1) is 11.2 Å². The summed E-state index contributed by atoms with van der Waals surface area (Å²) < 4.78 is 16.0. The number of amides is 2. The topological polar surface area (TPSA) is 106 Å². The normalized spacial score (nSPS) is 20.5. The summed E-state index contributed by atoms with van der Waals surface area (Å²) in [5.41, 5.74) is 9.72. The second kappa shape index (κ2) is 10.5. The summed E-state index contributed by atoms with van der Waals surface area (Å²) in [7, 11) is 0. The Morgan fingerprint density at radius 1 is 1.05 bits per heavy atom. The lowest BCUT2D eigenvalue weighted by Crippen LogP contribution is -2.40. The molecule has 1 saturated carbocycles. The number of carbonyl (C=O) groups excluding carboxylic acids is 3.